The predicted molar refractivity (Wildman–Crippen MR) is 77.1 cm³/mol. The molecule has 0 amide bonds. The Morgan fingerprint density at radius 3 is 1.21 bits per heavy atom. The van der Waals surface area contributed by atoms with Crippen LogP contribution >= 0.6 is 0 Å². The average Bonchev–Trinajstić information content (AvgIpc) is 2.55. The monoisotopic (exact) mass is 338 g/mol. The second-order valence-corrected chi connectivity index (χ2v) is 4.46. The Labute approximate surface area is 135 Å². The molecule has 0 saturated heterocycles. The lowest BCUT2D eigenvalue weighted by molar-refractivity contribution is -0.605. The van der Waals surface area contributed by atoms with Crippen LogP contribution in [0.5, 0.6) is 0 Å². The van der Waals surface area contributed by atoms with Crippen LogP contribution in [0.4, 0.5) is 0 Å². The van der Waals surface area contributed by atoms with Gasteiger partial charge in [-0.3, -0.25) is 0 Å². The maximum Gasteiger partial charge on any atom is 0.335 e. The fraction of sp³-hybridized carbons (Fsp3) is 0.143. The van der Waals surface area contributed by atoms with Crippen LogP contribution in [0.3, 0.4) is 0 Å². The molecule has 10 nitrogen and oxygen atoms in total. The lowest BCUT2D eigenvalue weighted by Crippen LogP contribution is -2.39. The summed E-state index contributed by atoms with van der Waals surface area (Å²) >= 11 is 0. The lowest BCUT2D eigenvalue weighted by Gasteiger charge is -2.07. The third-order valence-electron chi connectivity index (χ3n) is 2.74. The summed E-state index contributed by atoms with van der Waals surface area (Å²) in [5, 5.41) is 54.1. The van der Waals surface area contributed by atoms with E-state index in [1.807, 2.05) is 0 Å². The number of aliphatic carboxylic acids is 2. The first-order valence-electron chi connectivity index (χ1n) is 6.42. The normalized spacial score (nSPS) is 12.4. The first kappa shape index (κ1) is 18.8. The van der Waals surface area contributed by atoms with E-state index in [1.165, 1.54) is 24.8 Å². The zero-order valence-electron chi connectivity index (χ0n) is 12.1. The van der Waals surface area contributed by atoms with Gasteiger partial charge in [0.05, 0.1) is 0 Å². The van der Waals surface area contributed by atoms with Crippen molar-refractivity contribution in [2.45, 2.75) is 12.2 Å². The molecule has 0 saturated carbocycles. The molecule has 0 spiro atoms. The third-order valence-corrected chi connectivity index (χ3v) is 2.74. The van der Waals surface area contributed by atoms with E-state index >= 15 is 0 Å². The quantitative estimate of drug-likeness (QED) is 0.385. The van der Waals surface area contributed by atoms with Crippen molar-refractivity contribution >= 4 is 11.9 Å². The highest BCUT2D eigenvalue weighted by Crippen LogP contribution is 2.15. The highest BCUT2D eigenvalue weighted by Gasteiger charge is 2.29. The maximum absolute atomic E-state index is 10.8. The van der Waals surface area contributed by atoms with Crippen molar-refractivity contribution in [2.75, 3.05) is 0 Å². The summed E-state index contributed by atoms with van der Waals surface area (Å²) in [4.78, 5) is 19.5. The van der Waals surface area contributed by atoms with Crippen molar-refractivity contribution in [1.82, 2.24) is 0 Å². The number of carboxylic acid groups (broad SMARTS) is 2. The fourth-order valence-corrected chi connectivity index (χ4v) is 1.48. The predicted octanol–water partition coefficient (Wildman–Crippen LogP) is -1.50. The third kappa shape index (κ3) is 5.51. The first-order chi connectivity index (χ1) is 11.2. The van der Waals surface area contributed by atoms with Crippen LogP contribution in [0, 0.1) is 10.4 Å². The van der Waals surface area contributed by atoms with Gasteiger partial charge in [0.15, 0.2) is 37.0 Å². The van der Waals surface area contributed by atoms with Gasteiger partial charge in [0.2, 0.25) is 0 Å². The fourth-order valence-electron chi connectivity index (χ4n) is 1.48. The van der Waals surface area contributed by atoms with Crippen molar-refractivity contribution in [3.05, 3.63) is 59.5 Å². The number of carboxylic acids is 2. The van der Waals surface area contributed by atoms with Gasteiger partial charge in [-0.1, -0.05) is 0 Å². The van der Waals surface area contributed by atoms with Crippen LogP contribution in [0.25, 0.3) is 11.1 Å². The van der Waals surface area contributed by atoms with Gasteiger partial charge < -0.3 is 30.8 Å². The Bertz CT molecular complexity index is 625. The lowest BCUT2D eigenvalue weighted by atomic mass is 10.1. The number of hydrogen-bond donors (Lipinski definition) is 4. The first-order valence-corrected chi connectivity index (χ1v) is 6.42. The molecule has 0 fully saturated rings. The SMILES string of the molecule is O=C(O)[C@H](O)[C@@H](O)C(=O)O.[O-][n+]1ccc(-c2cc[n+]([O-])cc2)cc1. The highest BCUT2D eigenvalue weighted by molar-refractivity contribution is 5.83. The van der Waals surface area contributed by atoms with Gasteiger partial charge in [0.25, 0.3) is 0 Å². The number of hydrogen-bond acceptors (Lipinski definition) is 6. The second-order valence-electron chi connectivity index (χ2n) is 4.46. The molecule has 4 N–H and O–H groups in total. The summed E-state index contributed by atoms with van der Waals surface area (Å²) < 4.78 is 1.44. The maximum atomic E-state index is 10.8. The molecule has 24 heavy (non-hydrogen) atoms. The molecule has 0 aliphatic heterocycles. The molecule has 2 aromatic rings. The smallest absolute Gasteiger partial charge is 0.335 e. The van der Waals surface area contributed by atoms with Crippen LogP contribution in [0.2, 0.25) is 0 Å². The average molecular weight is 338 g/mol. The number of carbonyl (C=O) groups is 2. The second kappa shape index (κ2) is 8.41. The molecule has 0 aliphatic rings. The van der Waals surface area contributed by atoms with Gasteiger partial charge in [0.1, 0.15) is 0 Å². The minimum Gasteiger partial charge on any atom is -0.619 e. The van der Waals surface area contributed by atoms with E-state index in [4.69, 9.17) is 20.4 Å². The van der Waals surface area contributed by atoms with Crippen LogP contribution < -0.4 is 9.46 Å². The summed E-state index contributed by atoms with van der Waals surface area (Å²) in [5.74, 6) is -3.54. The van der Waals surface area contributed by atoms with Crippen LogP contribution in [0.15, 0.2) is 49.1 Å². The highest BCUT2D eigenvalue weighted by atomic mass is 16.5. The summed E-state index contributed by atoms with van der Waals surface area (Å²) in [6, 6.07) is 6.82. The Hall–Kier alpha value is -3.24. The van der Waals surface area contributed by atoms with E-state index in [1.54, 1.807) is 24.3 Å². The Morgan fingerprint density at radius 2 is 1.00 bits per heavy atom. The number of aliphatic hydroxyl groups excluding tert-OH is 2. The molecule has 0 radical (unpaired) electrons. The zero-order valence-corrected chi connectivity index (χ0v) is 12.1. The number of aliphatic hydroxyl groups is 2. The molecular formula is C14H14N2O8. The summed E-state index contributed by atoms with van der Waals surface area (Å²) in [7, 11) is 0. The molecule has 0 bridgehead atoms. The van der Waals surface area contributed by atoms with Gasteiger partial charge in [-0.15, -0.1) is 0 Å². The van der Waals surface area contributed by atoms with E-state index in [9.17, 15) is 20.0 Å². The molecule has 0 unspecified atom stereocenters. The van der Waals surface area contributed by atoms with Crippen molar-refractivity contribution in [1.29, 1.82) is 0 Å². The largest absolute Gasteiger partial charge is 0.619 e. The minimum absolute atomic E-state index is 0.722. The summed E-state index contributed by atoms with van der Waals surface area (Å²) in [6.45, 7) is 0. The van der Waals surface area contributed by atoms with Gasteiger partial charge in [-0.2, -0.15) is 9.46 Å². The summed E-state index contributed by atoms with van der Waals surface area (Å²) in [6.07, 6.45) is 1.16. The molecule has 2 aromatic heterocycles. The topological polar surface area (TPSA) is 169 Å². The molecule has 2 heterocycles. The number of rotatable bonds is 4. The number of pyridine rings is 2. The molecule has 2 rings (SSSR count). The van der Waals surface area contributed by atoms with Crippen molar-refractivity contribution in [3.63, 3.8) is 0 Å². The van der Waals surface area contributed by atoms with Crippen LogP contribution in [0.1, 0.15) is 0 Å². The van der Waals surface area contributed by atoms with Crippen molar-refractivity contribution < 1.29 is 39.5 Å². The zero-order chi connectivity index (χ0) is 18.3. The molecule has 128 valence electrons. The number of aromatic nitrogens is 2. The molecule has 0 aliphatic carbocycles. The van der Waals surface area contributed by atoms with Gasteiger partial charge >= 0.3 is 11.9 Å². The molecule has 2 atom stereocenters. The van der Waals surface area contributed by atoms with Gasteiger partial charge in [-0.05, 0) is 11.1 Å². The van der Waals surface area contributed by atoms with Gasteiger partial charge in [-0.25, -0.2) is 9.59 Å². The van der Waals surface area contributed by atoms with E-state index < -0.39 is 24.1 Å². The molecule has 10 heteroatoms. The summed E-state index contributed by atoms with van der Waals surface area (Å²) in [5.41, 5.74) is 1.83. The molecular weight excluding hydrogens is 324 g/mol. The van der Waals surface area contributed by atoms with E-state index in [0.717, 1.165) is 20.6 Å². The standard InChI is InChI=1S/C10H8N2O2.C4H6O6/c13-11-5-1-9(2-6-11)10-3-7-12(14)8-4-10;5-1(3(7)8)2(6)4(9)10/h1-8H;1-2,5-6H,(H,7,8)(H,9,10)/t;1-,2-/m.1/s1. The Kier molecular flexibility index (Phi) is 6.59. The Balaban J connectivity index is 0.000000257. The van der Waals surface area contributed by atoms with Gasteiger partial charge in [0, 0.05) is 24.3 Å². The molecule has 0 aromatic carbocycles. The van der Waals surface area contributed by atoms with Crippen LogP contribution in [-0.2, 0) is 9.59 Å². The van der Waals surface area contributed by atoms with Crippen molar-refractivity contribution in [3.8, 4) is 11.1 Å². The van der Waals surface area contributed by atoms with E-state index in [-0.39, 0.29) is 0 Å². The van der Waals surface area contributed by atoms with Crippen LogP contribution in [-0.4, -0.2) is 44.6 Å². The minimum atomic E-state index is -2.27. The Morgan fingerprint density at radius 1 is 0.750 bits per heavy atom. The number of nitrogens with zero attached hydrogens (tertiary/aromatic N) is 2. The van der Waals surface area contributed by atoms with E-state index in [0.29, 0.717) is 0 Å². The van der Waals surface area contributed by atoms with E-state index in [2.05, 4.69) is 0 Å². The van der Waals surface area contributed by atoms with Crippen molar-refractivity contribution in [2.24, 2.45) is 0 Å².